The molecular weight excluding hydrogens is 325 g/mol. The van der Waals surface area contributed by atoms with Crippen molar-refractivity contribution in [3.05, 3.63) is 29.3 Å². The molecule has 5 nitrogen and oxygen atoms in total. The molecule has 1 heterocycles. The number of halogens is 2. The summed E-state index contributed by atoms with van der Waals surface area (Å²) in [6, 6.07) is 5.85. The van der Waals surface area contributed by atoms with Gasteiger partial charge in [0.2, 0.25) is 0 Å². The maximum absolute atomic E-state index is 12.1. The minimum Gasteiger partial charge on any atom is -0.384 e. The predicted molar refractivity (Wildman–Crippen MR) is 94.8 cm³/mol. The molecule has 1 aliphatic heterocycles. The molecule has 0 spiro atoms. The fourth-order valence-corrected chi connectivity index (χ4v) is 2.27. The summed E-state index contributed by atoms with van der Waals surface area (Å²) in [5, 5.41) is 6.25. The van der Waals surface area contributed by atoms with Crippen LogP contribution in [0.4, 0.5) is 5.69 Å². The van der Waals surface area contributed by atoms with Crippen LogP contribution in [0.25, 0.3) is 0 Å². The van der Waals surface area contributed by atoms with Crippen LogP contribution in [0.15, 0.2) is 18.2 Å². The first kappa shape index (κ1) is 21.0. The van der Waals surface area contributed by atoms with Crippen LogP contribution < -0.4 is 10.6 Å². The quantitative estimate of drug-likeness (QED) is 0.788. The van der Waals surface area contributed by atoms with Crippen molar-refractivity contribution in [1.29, 1.82) is 0 Å². The van der Waals surface area contributed by atoms with Gasteiger partial charge >= 0.3 is 0 Å². The molecule has 2 rings (SSSR count). The molecule has 0 aromatic heterocycles. The van der Waals surface area contributed by atoms with E-state index >= 15 is 0 Å². The van der Waals surface area contributed by atoms with Crippen LogP contribution in [-0.2, 0) is 11.2 Å². The molecule has 0 fully saturated rings. The molecule has 0 radical (unpaired) electrons. The Hall–Kier alpha value is -1.01. The van der Waals surface area contributed by atoms with E-state index in [2.05, 4.69) is 15.5 Å². The Kier molecular flexibility index (Phi) is 10.2. The summed E-state index contributed by atoms with van der Waals surface area (Å²) in [6.45, 7) is 4.01. The van der Waals surface area contributed by atoms with Gasteiger partial charge in [-0.05, 0) is 37.2 Å². The van der Waals surface area contributed by atoms with E-state index in [1.807, 2.05) is 25.2 Å². The zero-order chi connectivity index (χ0) is 14.4. The molecule has 1 aromatic carbocycles. The van der Waals surface area contributed by atoms with Gasteiger partial charge in [0, 0.05) is 44.5 Å². The largest absolute Gasteiger partial charge is 0.384 e. The van der Waals surface area contributed by atoms with Gasteiger partial charge in [-0.15, -0.1) is 24.8 Å². The Balaban J connectivity index is 0.00000220. The van der Waals surface area contributed by atoms with Crippen molar-refractivity contribution in [3.8, 4) is 0 Å². The zero-order valence-corrected chi connectivity index (χ0v) is 14.7. The minimum absolute atomic E-state index is 0. The number of carbonyl (C=O) groups is 1. The molecule has 0 bridgehead atoms. The molecule has 22 heavy (non-hydrogen) atoms. The maximum Gasteiger partial charge on any atom is 0.251 e. The SMILES string of the molecule is COCCN(C)CCNC(=O)c1ccc2c(c1)CCN2.Cl.Cl. The van der Waals surface area contributed by atoms with Gasteiger partial charge in [0.05, 0.1) is 6.61 Å². The van der Waals surface area contributed by atoms with E-state index < -0.39 is 0 Å². The number of ether oxygens (including phenoxy) is 1. The Bertz CT molecular complexity index is 472. The van der Waals surface area contributed by atoms with Gasteiger partial charge < -0.3 is 20.3 Å². The molecule has 0 saturated heterocycles. The summed E-state index contributed by atoms with van der Waals surface area (Å²) in [6.07, 6.45) is 0.996. The van der Waals surface area contributed by atoms with Crippen molar-refractivity contribution in [2.24, 2.45) is 0 Å². The molecule has 7 heteroatoms. The monoisotopic (exact) mass is 349 g/mol. The third-order valence-electron chi connectivity index (χ3n) is 3.53. The van der Waals surface area contributed by atoms with E-state index in [9.17, 15) is 4.79 Å². The second-order valence-electron chi connectivity index (χ2n) is 5.10. The van der Waals surface area contributed by atoms with Gasteiger partial charge in [-0.2, -0.15) is 0 Å². The molecule has 1 aliphatic rings. The maximum atomic E-state index is 12.1. The molecule has 0 aliphatic carbocycles. The van der Waals surface area contributed by atoms with Crippen LogP contribution in [0, 0.1) is 0 Å². The number of benzene rings is 1. The number of hydrogen-bond acceptors (Lipinski definition) is 4. The van der Waals surface area contributed by atoms with Gasteiger partial charge in [-0.1, -0.05) is 0 Å². The third-order valence-corrected chi connectivity index (χ3v) is 3.53. The first-order chi connectivity index (χ1) is 9.70. The van der Waals surface area contributed by atoms with Crippen LogP contribution in [0.1, 0.15) is 15.9 Å². The van der Waals surface area contributed by atoms with Crippen LogP contribution >= 0.6 is 24.8 Å². The van der Waals surface area contributed by atoms with Gasteiger partial charge in [-0.3, -0.25) is 4.79 Å². The van der Waals surface area contributed by atoms with Crippen molar-refractivity contribution in [2.45, 2.75) is 6.42 Å². The van der Waals surface area contributed by atoms with E-state index in [1.165, 1.54) is 5.56 Å². The van der Waals surface area contributed by atoms with Gasteiger partial charge in [-0.25, -0.2) is 0 Å². The highest BCUT2D eigenvalue weighted by Gasteiger charge is 2.13. The number of amides is 1. The van der Waals surface area contributed by atoms with Crippen molar-refractivity contribution in [3.63, 3.8) is 0 Å². The fraction of sp³-hybridized carbons (Fsp3) is 0.533. The van der Waals surface area contributed by atoms with Gasteiger partial charge in [0.1, 0.15) is 0 Å². The van der Waals surface area contributed by atoms with E-state index in [1.54, 1.807) is 7.11 Å². The Morgan fingerprint density at radius 1 is 1.36 bits per heavy atom. The average molecular weight is 350 g/mol. The van der Waals surface area contributed by atoms with Crippen LogP contribution in [-0.4, -0.2) is 57.8 Å². The molecule has 0 unspecified atom stereocenters. The molecule has 1 amide bonds. The molecule has 0 saturated carbocycles. The van der Waals surface area contributed by atoms with Crippen molar-refractivity contribution in [2.75, 3.05) is 52.3 Å². The Labute approximate surface area is 144 Å². The van der Waals surface area contributed by atoms with Crippen molar-refractivity contribution < 1.29 is 9.53 Å². The summed E-state index contributed by atoms with van der Waals surface area (Å²) < 4.78 is 5.02. The number of nitrogens with zero attached hydrogens (tertiary/aromatic N) is 1. The number of likely N-dealkylation sites (N-methyl/N-ethyl adjacent to an activating group) is 1. The average Bonchev–Trinajstić information content (AvgIpc) is 2.92. The standard InChI is InChI=1S/C15H23N3O2.2ClH/c1-18(9-10-20-2)8-7-17-15(19)13-3-4-14-12(11-13)5-6-16-14;;/h3-4,11,16H,5-10H2,1-2H3,(H,17,19);2*1H. The minimum atomic E-state index is -0.000147. The molecule has 126 valence electrons. The highest BCUT2D eigenvalue weighted by Crippen LogP contribution is 2.22. The normalized spacial score (nSPS) is 12.0. The summed E-state index contributed by atoms with van der Waals surface area (Å²) in [5.74, 6) is -0.000147. The smallest absolute Gasteiger partial charge is 0.251 e. The number of anilines is 1. The highest BCUT2D eigenvalue weighted by atomic mass is 35.5. The Morgan fingerprint density at radius 2 is 2.14 bits per heavy atom. The first-order valence-corrected chi connectivity index (χ1v) is 7.03. The lowest BCUT2D eigenvalue weighted by atomic mass is 10.1. The first-order valence-electron chi connectivity index (χ1n) is 7.03. The van der Waals surface area contributed by atoms with Crippen LogP contribution in [0.3, 0.4) is 0 Å². The molecule has 2 N–H and O–H groups in total. The van der Waals surface area contributed by atoms with Crippen molar-refractivity contribution >= 4 is 36.4 Å². The number of methoxy groups -OCH3 is 1. The number of fused-ring (bicyclic) bond motifs is 1. The van der Waals surface area contributed by atoms with Crippen molar-refractivity contribution in [1.82, 2.24) is 10.2 Å². The topological polar surface area (TPSA) is 53.6 Å². The van der Waals surface area contributed by atoms with Crippen LogP contribution in [0.5, 0.6) is 0 Å². The number of nitrogens with one attached hydrogen (secondary N) is 2. The summed E-state index contributed by atoms with van der Waals surface area (Å²) in [4.78, 5) is 14.2. The fourth-order valence-electron chi connectivity index (χ4n) is 2.27. The van der Waals surface area contributed by atoms with E-state index in [0.29, 0.717) is 13.2 Å². The summed E-state index contributed by atoms with van der Waals surface area (Å²) in [5.41, 5.74) is 3.13. The summed E-state index contributed by atoms with van der Waals surface area (Å²) in [7, 11) is 3.71. The van der Waals surface area contributed by atoms with Gasteiger partial charge in [0.25, 0.3) is 5.91 Å². The Morgan fingerprint density at radius 3 is 2.86 bits per heavy atom. The summed E-state index contributed by atoms with van der Waals surface area (Å²) >= 11 is 0. The van der Waals surface area contributed by atoms with Crippen LogP contribution in [0.2, 0.25) is 0 Å². The number of carbonyl (C=O) groups excluding carboxylic acids is 1. The van der Waals surface area contributed by atoms with E-state index in [-0.39, 0.29) is 30.7 Å². The number of hydrogen-bond donors (Lipinski definition) is 2. The molecule has 1 aromatic rings. The second-order valence-corrected chi connectivity index (χ2v) is 5.10. The second kappa shape index (κ2) is 10.7. The lowest BCUT2D eigenvalue weighted by Gasteiger charge is -2.16. The van der Waals surface area contributed by atoms with E-state index in [4.69, 9.17) is 4.74 Å². The third kappa shape index (κ3) is 6.01. The van der Waals surface area contributed by atoms with E-state index in [0.717, 1.165) is 37.3 Å². The predicted octanol–water partition coefficient (Wildman–Crippen LogP) is 1.81. The number of rotatable bonds is 7. The van der Waals surface area contributed by atoms with Gasteiger partial charge in [0.15, 0.2) is 0 Å². The lowest BCUT2D eigenvalue weighted by molar-refractivity contribution is 0.0947. The zero-order valence-electron chi connectivity index (χ0n) is 13.1. The highest BCUT2D eigenvalue weighted by molar-refractivity contribution is 5.95. The molecule has 0 atom stereocenters. The lowest BCUT2D eigenvalue weighted by Crippen LogP contribution is -2.34. The molecular formula is C15H25Cl2N3O2.